The minimum absolute atomic E-state index is 0.102. The van der Waals surface area contributed by atoms with E-state index >= 15 is 0 Å². The first kappa shape index (κ1) is 9.90. The predicted molar refractivity (Wildman–Crippen MR) is 57.0 cm³/mol. The standard InChI is InChI=1S/C12H13NO2/c1-12(2)7-10(14)6-11(15-12)9-4-3-5-13-8-9/h3-6,8H,7H2,1-2H3. The monoisotopic (exact) mass is 203 g/mol. The van der Waals surface area contributed by atoms with Crippen LogP contribution in [0.5, 0.6) is 0 Å². The van der Waals surface area contributed by atoms with Gasteiger partial charge in [-0.25, -0.2) is 0 Å². The maximum atomic E-state index is 11.5. The molecule has 3 heteroatoms. The van der Waals surface area contributed by atoms with Crippen LogP contribution in [0.25, 0.3) is 5.76 Å². The Morgan fingerprint density at radius 1 is 1.47 bits per heavy atom. The molecule has 0 aromatic carbocycles. The molecular weight excluding hydrogens is 190 g/mol. The molecule has 2 heterocycles. The van der Waals surface area contributed by atoms with Gasteiger partial charge in [0.25, 0.3) is 0 Å². The Hall–Kier alpha value is -1.64. The van der Waals surface area contributed by atoms with Crippen molar-refractivity contribution >= 4 is 11.5 Å². The molecule has 15 heavy (non-hydrogen) atoms. The van der Waals surface area contributed by atoms with E-state index in [4.69, 9.17) is 4.74 Å². The molecule has 1 aromatic heterocycles. The van der Waals surface area contributed by atoms with Crippen molar-refractivity contribution in [2.24, 2.45) is 0 Å². The van der Waals surface area contributed by atoms with Gasteiger partial charge in [0, 0.05) is 30.5 Å². The first-order valence-corrected chi connectivity index (χ1v) is 4.91. The number of pyridine rings is 1. The Morgan fingerprint density at radius 3 is 2.87 bits per heavy atom. The molecule has 0 bridgehead atoms. The van der Waals surface area contributed by atoms with Crippen molar-refractivity contribution in [1.82, 2.24) is 4.98 Å². The molecule has 0 spiro atoms. The lowest BCUT2D eigenvalue weighted by molar-refractivity contribution is -0.119. The number of carbonyl (C=O) groups is 1. The Bertz CT molecular complexity index is 407. The molecule has 1 aliphatic heterocycles. The quantitative estimate of drug-likeness (QED) is 0.702. The number of hydrogen-bond donors (Lipinski definition) is 0. The molecule has 0 N–H and O–H groups in total. The summed E-state index contributed by atoms with van der Waals surface area (Å²) in [5.41, 5.74) is 0.426. The number of ketones is 1. The fourth-order valence-electron chi connectivity index (χ4n) is 1.63. The minimum Gasteiger partial charge on any atom is -0.487 e. The largest absolute Gasteiger partial charge is 0.487 e. The molecule has 0 fully saturated rings. The van der Waals surface area contributed by atoms with Gasteiger partial charge in [-0.05, 0) is 26.0 Å². The van der Waals surface area contributed by atoms with E-state index < -0.39 is 5.60 Å². The van der Waals surface area contributed by atoms with Crippen LogP contribution >= 0.6 is 0 Å². The first-order chi connectivity index (χ1) is 7.07. The maximum Gasteiger partial charge on any atom is 0.163 e. The van der Waals surface area contributed by atoms with Crippen LogP contribution in [0, 0.1) is 0 Å². The van der Waals surface area contributed by atoms with Gasteiger partial charge in [-0.2, -0.15) is 0 Å². The number of carbonyl (C=O) groups excluding carboxylic acids is 1. The third kappa shape index (κ3) is 2.24. The highest BCUT2D eigenvalue weighted by molar-refractivity contribution is 5.97. The van der Waals surface area contributed by atoms with E-state index in [9.17, 15) is 4.79 Å². The number of ether oxygens (including phenoxy) is 1. The van der Waals surface area contributed by atoms with Gasteiger partial charge in [-0.15, -0.1) is 0 Å². The molecule has 0 aliphatic carbocycles. The number of nitrogens with zero attached hydrogens (tertiary/aromatic N) is 1. The fraction of sp³-hybridized carbons (Fsp3) is 0.333. The summed E-state index contributed by atoms with van der Waals surface area (Å²) < 4.78 is 5.73. The van der Waals surface area contributed by atoms with Gasteiger partial charge in [0.05, 0.1) is 0 Å². The van der Waals surface area contributed by atoms with Gasteiger partial charge in [0.1, 0.15) is 11.4 Å². The van der Waals surface area contributed by atoms with E-state index in [0.29, 0.717) is 12.2 Å². The molecular formula is C12H13NO2. The smallest absolute Gasteiger partial charge is 0.163 e. The molecule has 0 saturated heterocycles. The van der Waals surface area contributed by atoms with Crippen molar-refractivity contribution in [2.75, 3.05) is 0 Å². The minimum atomic E-state index is -0.420. The van der Waals surface area contributed by atoms with Gasteiger partial charge in [0.15, 0.2) is 5.78 Å². The molecule has 0 atom stereocenters. The van der Waals surface area contributed by atoms with Crippen molar-refractivity contribution < 1.29 is 9.53 Å². The lowest BCUT2D eigenvalue weighted by Crippen LogP contribution is -2.30. The van der Waals surface area contributed by atoms with Crippen LogP contribution in [0.3, 0.4) is 0 Å². The summed E-state index contributed by atoms with van der Waals surface area (Å²) in [4.78, 5) is 15.5. The Labute approximate surface area is 88.8 Å². The summed E-state index contributed by atoms with van der Waals surface area (Å²) in [6.07, 6.45) is 5.36. The third-order valence-corrected chi connectivity index (χ3v) is 2.22. The van der Waals surface area contributed by atoms with Gasteiger partial charge in [-0.1, -0.05) is 0 Å². The van der Waals surface area contributed by atoms with E-state index in [0.717, 1.165) is 5.56 Å². The SMILES string of the molecule is CC1(C)CC(=O)C=C(c2cccnc2)O1. The van der Waals surface area contributed by atoms with Crippen LogP contribution in [-0.4, -0.2) is 16.4 Å². The maximum absolute atomic E-state index is 11.5. The number of hydrogen-bond acceptors (Lipinski definition) is 3. The molecule has 1 aromatic rings. The van der Waals surface area contributed by atoms with E-state index in [-0.39, 0.29) is 5.78 Å². The van der Waals surface area contributed by atoms with Crippen molar-refractivity contribution in [1.29, 1.82) is 0 Å². The van der Waals surface area contributed by atoms with Crippen molar-refractivity contribution in [3.05, 3.63) is 36.2 Å². The van der Waals surface area contributed by atoms with E-state index in [1.807, 2.05) is 26.0 Å². The Balaban J connectivity index is 2.35. The Kier molecular flexibility index (Phi) is 2.31. The van der Waals surface area contributed by atoms with Crippen LogP contribution in [0.4, 0.5) is 0 Å². The summed E-state index contributed by atoms with van der Waals surface area (Å²) in [5.74, 6) is 0.717. The van der Waals surface area contributed by atoms with E-state index in [1.54, 1.807) is 18.5 Å². The van der Waals surface area contributed by atoms with Crippen LogP contribution in [-0.2, 0) is 9.53 Å². The van der Waals surface area contributed by atoms with Crippen molar-refractivity contribution in [3.63, 3.8) is 0 Å². The number of aromatic nitrogens is 1. The fourth-order valence-corrected chi connectivity index (χ4v) is 1.63. The predicted octanol–water partition coefficient (Wildman–Crippen LogP) is 2.19. The summed E-state index contributed by atoms with van der Waals surface area (Å²) in [7, 11) is 0. The lowest BCUT2D eigenvalue weighted by Gasteiger charge is -2.30. The summed E-state index contributed by atoms with van der Waals surface area (Å²) >= 11 is 0. The zero-order valence-electron chi connectivity index (χ0n) is 8.86. The highest BCUT2D eigenvalue weighted by Gasteiger charge is 2.29. The van der Waals surface area contributed by atoms with Gasteiger partial charge >= 0.3 is 0 Å². The van der Waals surface area contributed by atoms with Gasteiger partial charge < -0.3 is 4.74 Å². The van der Waals surface area contributed by atoms with Gasteiger partial charge in [0.2, 0.25) is 0 Å². The molecule has 78 valence electrons. The second-order valence-corrected chi connectivity index (χ2v) is 4.26. The summed E-state index contributed by atoms with van der Waals surface area (Å²) in [6.45, 7) is 3.82. The molecule has 0 unspecified atom stereocenters. The molecule has 2 rings (SSSR count). The highest BCUT2D eigenvalue weighted by atomic mass is 16.5. The summed E-state index contributed by atoms with van der Waals surface area (Å²) in [5, 5.41) is 0. The van der Waals surface area contributed by atoms with Crippen LogP contribution in [0.15, 0.2) is 30.6 Å². The topological polar surface area (TPSA) is 39.2 Å². The molecule has 1 aliphatic rings. The average Bonchev–Trinajstić information content (AvgIpc) is 2.16. The van der Waals surface area contributed by atoms with Gasteiger partial charge in [-0.3, -0.25) is 9.78 Å². The van der Waals surface area contributed by atoms with Crippen LogP contribution in [0.2, 0.25) is 0 Å². The molecule has 0 amide bonds. The van der Waals surface area contributed by atoms with Crippen molar-refractivity contribution in [3.8, 4) is 0 Å². The first-order valence-electron chi connectivity index (χ1n) is 4.91. The third-order valence-electron chi connectivity index (χ3n) is 2.22. The number of rotatable bonds is 1. The zero-order chi connectivity index (χ0) is 10.9. The number of allylic oxidation sites excluding steroid dienone is 1. The van der Waals surface area contributed by atoms with Crippen molar-refractivity contribution in [2.45, 2.75) is 25.9 Å². The molecule has 0 saturated carbocycles. The van der Waals surface area contributed by atoms with Crippen LogP contribution < -0.4 is 0 Å². The average molecular weight is 203 g/mol. The molecule has 0 radical (unpaired) electrons. The Morgan fingerprint density at radius 2 is 2.27 bits per heavy atom. The zero-order valence-corrected chi connectivity index (χ0v) is 8.86. The van der Waals surface area contributed by atoms with E-state index in [2.05, 4.69) is 4.98 Å². The second kappa shape index (κ2) is 3.50. The van der Waals surface area contributed by atoms with E-state index in [1.165, 1.54) is 0 Å². The van der Waals surface area contributed by atoms with Crippen LogP contribution in [0.1, 0.15) is 25.8 Å². The normalized spacial score (nSPS) is 19.3. The lowest BCUT2D eigenvalue weighted by atomic mass is 9.97. The highest BCUT2D eigenvalue weighted by Crippen LogP contribution is 2.29. The second-order valence-electron chi connectivity index (χ2n) is 4.26. The summed E-state index contributed by atoms with van der Waals surface area (Å²) in [6, 6.07) is 3.71. The molecule has 3 nitrogen and oxygen atoms in total.